The van der Waals surface area contributed by atoms with Crippen LogP contribution in [0.3, 0.4) is 0 Å². The summed E-state index contributed by atoms with van der Waals surface area (Å²) in [7, 11) is 0. The first-order valence-corrected chi connectivity index (χ1v) is 6.19. The van der Waals surface area contributed by atoms with E-state index in [1.807, 2.05) is 36.6 Å². The fourth-order valence-electron chi connectivity index (χ4n) is 1.58. The van der Waals surface area contributed by atoms with Crippen molar-refractivity contribution in [2.75, 3.05) is 6.61 Å². The van der Waals surface area contributed by atoms with Crippen molar-refractivity contribution < 1.29 is 14.6 Å². The second kappa shape index (κ2) is 5.01. The summed E-state index contributed by atoms with van der Waals surface area (Å²) in [5, 5.41) is 12.5. The third kappa shape index (κ3) is 2.47. The average Bonchev–Trinajstić information content (AvgIpc) is 2.79. The molecule has 0 saturated heterocycles. The quantitative estimate of drug-likeness (QED) is 0.900. The van der Waals surface area contributed by atoms with E-state index in [0.717, 1.165) is 16.9 Å². The first-order chi connectivity index (χ1) is 8.22. The highest BCUT2D eigenvalue weighted by molar-refractivity contribution is 7.08. The minimum Gasteiger partial charge on any atom is -0.494 e. The van der Waals surface area contributed by atoms with Crippen molar-refractivity contribution in [3.8, 4) is 16.9 Å². The highest BCUT2D eigenvalue weighted by atomic mass is 32.1. The van der Waals surface area contributed by atoms with Crippen molar-refractivity contribution in [3.05, 3.63) is 40.6 Å². The van der Waals surface area contributed by atoms with E-state index in [-0.39, 0.29) is 0 Å². The molecule has 0 bridgehead atoms. The fourth-order valence-corrected chi connectivity index (χ4v) is 2.41. The van der Waals surface area contributed by atoms with E-state index < -0.39 is 5.97 Å². The zero-order valence-corrected chi connectivity index (χ0v) is 10.2. The molecule has 1 heterocycles. The van der Waals surface area contributed by atoms with Gasteiger partial charge in [0.15, 0.2) is 0 Å². The SMILES string of the molecule is CCOc1ccc(-c2cscc2C(=O)O)cc1. The van der Waals surface area contributed by atoms with E-state index >= 15 is 0 Å². The Bertz CT molecular complexity index is 514. The van der Waals surface area contributed by atoms with Gasteiger partial charge in [0.05, 0.1) is 12.2 Å². The Labute approximate surface area is 103 Å². The molecule has 0 aliphatic heterocycles. The summed E-state index contributed by atoms with van der Waals surface area (Å²) in [5.41, 5.74) is 2.00. The molecule has 17 heavy (non-hydrogen) atoms. The van der Waals surface area contributed by atoms with Gasteiger partial charge in [-0.1, -0.05) is 12.1 Å². The molecule has 0 aliphatic carbocycles. The molecule has 0 spiro atoms. The highest BCUT2D eigenvalue weighted by Gasteiger charge is 2.12. The van der Waals surface area contributed by atoms with Crippen LogP contribution in [0.25, 0.3) is 11.1 Å². The molecular weight excluding hydrogens is 236 g/mol. The molecule has 2 aromatic rings. The third-order valence-electron chi connectivity index (χ3n) is 2.37. The predicted octanol–water partition coefficient (Wildman–Crippen LogP) is 3.51. The molecule has 0 saturated carbocycles. The van der Waals surface area contributed by atoms with Crippen molar-refractivity contribution in [2.24, 2.45) is 0 Å². The van der Waals surface area contributed by atoms with Crippen molar-refractivity contribution in [3.63, 3.8) is 0 Å². The molecular formula is C13H12O3S. The molecule has 0 unspecified atom stereocenters. The van der Waals surface area contributed by atoms with E-state index in [1.54, 1.807) is 5.38 Å². The lowest BCUT2D eigenvalue weighted by atomic mass is 10.0. The minimum absolute atomic E-state index is 0.346. The molecule has 1 aromatic carbocycles. The van der Waals surface area contributed by atoms with Gasteiger partial charge in [0.1, 0.15) is 5.75 Å². The van der Waals surface area contributed by atoms with Crippen molar-refractivity contribution in [1.29, 1.82) is 0 Å². The summed E-state index contributed by atoms with van der Waals surface area (Å²) >= 11 is 1.39. The van der Waals surface area contributed by atoms with Gasteiger partial charge in [-0.3, -0.25) is 0 Å². The Hall–Kier alpha value is -1.81. The smallest absolute Gasteiger partial charge is 0.337 e. The van der Waals surface area contributed by atoms with Crippen molar-refractivity contribution in [1.82, 2.24) is 0 Å². The topological polar surface area (TPSA) is 46.5 Å². The number of rotatable bonds is 4. The van der Waals surface area contributed by atoms with Gasteiger partial charge in [0, 0.05) is 10.9 Å². The minimum atomic E-state index is -0.893. The predicted molar refractivity (Wildman–Crippen MR) is 67.9 cm³/mol. The Kier molecular flexibility index (Phi) is 3.44. The molecule has 0 fully saturated rings. The maximum atomic E-state index is 11.0. The first kappa shape index (κ1) is 11.7. The van der Waals surface area contributed by atoms with Crippen LogP contribution in [0.2, 0.25) is 0 Å². The lowest BCUT2D eigenvalue weighted by Gasteiger charge is -2.04. The van der Waals surface area contributed by atoms with Gasteiger partial charge in [0.25, 0.3) is 0 Å². The molecule has 1 aromatic heterocycles. The lowest BCUT2D eigenvalue weighted by Crippen LogP contribution is -1.96. The number of thiophene rings is 1. The number of hydrogen-bond donors (Lipinski definition) is 1. The number of carboxylic acid groups (broad SMARTS) is 1. The van der Waals surface area contributed by atoms with Gasteiger partial charge in [-0.05, 0) is 30.0 Å². The summed E-state index contributed by atoms with van der Waals surface area (Å²) < 4.78 is 5.34. The lowest BCUT2D eigenvalue weighted by molar-refractivity contribution is 0.0698. The zero-order chi connectivity index (χ0) is 12.3. The van der Waals surface area contributed by atoms with Gasteiger partial charge < -0.3 is 9.84 Å². The molecule has 88 valence electrons. The Balaban J connectivity index is 2.33. The number of hydrogen-bond acceptors (Lipinski definition) is 3. The normalized spacial score (nSPS) is 10.2. The number of carboxylic acids is 1. The number of ether oxygens (including phenoxy) is 1. The summed E-state index contributed by atoms with van der Waals surface area (Å²) in [5.74, 6) is -0.0986. The fraction of sp³-hybridized carbons (Fsp3) is 0.154. The Morgan fingerprint density at radius 3 is 2.59 bits per heavy atom. The van der Waals surface area contributed by atoms with Crippen LogP contribution >= 0.6 is 11.3 Å². The van der Waals surface area contributed by atoms with Gasteiger partial charge >= 0.3 is 5.97 Å². The molecule has 0 amide bonds. The molecule has 1 N–H and O–H groups in total. The van der Waals surface area contributed by atoms with Crippen molar-refractivity contribution >= 4 is 17.3 Å². The number of carbonyl (C=O) groups is 1. The van der Waals surface area contributed by atoms with Crippen LogP contribution in [-0.4, -0.2) is 17.7 Å². The monoisotopic (exact) mass is 248 g/mol. The van der Waals surface area contributed by atoms with Crippen LogP contribution in [0.5, 0.6) is 5.75 Å². The van der Waals surface area contributed by atoms with E-state index in [0.29, 0.717) is 12.2 Å². The highest BCUT2D eigenvalue weighted by Crippen LogP contribution is 2.28. The number of aromatic carboxylic acids is 1. The summed E-state index contributed by atoms with van der Waals surface area (Å²) in [6, 6.07) is 7.45. The van der Waals surface area contributed by atoms with Crippen LogP contribution in [-0.2, 0) is 0 Å². The number of benzene rings is 1. The van der Waals surface area contributed by atoms with E-state index in [2.05, 4.69) is 0 Å². The van der Waals surface area contributed by atoms with E-state index in [4.69, 9.17) is 9.84 Å². The summed E-state index contributed by atoms with van der Waals surface area (Å²) in [4.78, 5) is 11.0. The zero-order valence-electron chi connectivity index (χ0n) is 9.34. The molecule has 2 rings (SSSR count). The van der Waals surface area contributed by atoms with Crippen LogP contribution in [0.15, 0.2) is 35.0 Å². The van der Waals surface area contributed by atoms with E-state index in [1.165, 1.54) is 11.3 Å². The molecule has 0 atom stereocenters. The van der Waals surface area contributed by atoms with Gasteiger partial charge in [-0.25, -0.2) is 4.79 Å². The maximum absolute atomic E-state index is 11.0. The van der Waals surface area contributed by atoms with Gasteiger partial charge in [0.2, 0.25) is 0 Å². The first-order valence-electron chi connectivity index (χ1n) is 5.25. The molecule has 3 nitrogen and oxygen atoms in total. The molecule has 4 heteroatoms. The van der Waals surface area contributed by atoms with Crippen LogP contribution in [0.1, 0.15) is 17.3 Å². The van der Waals surface area contributed by atoms with Gasteiger partial charge in [-0.15, -0.1) is 0 Å². The Morgan fingerprint density at radius 1 is 1.29 bits per heavy atom. The molecule has 0 aliphatic rings. The molecule has 0 radical (unpaired) electrons. The standard InChI is InChI=1S/C13H12O3S/c1-2-16-10-5-3-9(4-6-10)11-7-17-8-12(11)13(14)15/h3-8H,2H2,1H3,(H,14,15). The largest absolute Gasteiger partial charge is 0.494 e. The second-order valence-corrected chi connectivity index (χ2v) is 4.21. The van der Waals surface area contributed by atoms with Crippen molar-refractivity contribution in [2.45, 2.75) is 6.92 Å². The van der Waals surface area contributed by atoms with E-state index in [9.17, 15) is 4.79 Å². The van der Waals surface area contributed by atoms with Crippen LogP contribution in [0.4, 0.5) is 0 Å². The summed E-state index contributed by atoms with van der Waals surface area (Å²) in [6.07, 6.45) is 0. The van der Waals surface area contributed by atoms with Crippen LogP contribution in [0, 0.1) is 0 Å². The second-order valence-electron chi connectivity index (χ2n) is 3.46. The van der Waals surface area contributed by atoms with Gasteiger partial charge in [-0.2, -0.15) is 11.3 Å². The third-order valence-corrected chi connectivity index (χ3v) is 3.11. The van der Waals surface area contributed by atoms with Crippen LogP contribution < -0.4 is 4.74 Å². The average molecular weight is 248 g/mol. The summed E-state index contributed by atoms with van der Waals surface area (Å²) in [6.45, 7) is 2.55. The Morgan fingerprint density at radius 2 is 2.00 bits per heavy atom. The maximum Gasteiger partial charge on any atom is 0.337 e.